The minimum Gasteiger partial charge on any atom is -0.341 e. The SMILES string of the molecule is ClCCc1nc2ncccc2[nH]1. The standard InChI is InChI=1S/C8H8ClN3/c9-4-3-7-11-6-2-1-5-10-8(6)12-7/h1-2,5H,3-4H2,(H,10,11,12). The maximum atomic E-state index is 5.58. The fourth-order valence-corrected chi connectivity index (χ4v) is 1.28. The number of hydrogen-bond acceptors (Lipinski definition) is 2. The van der Waals surface area contributed by atoms with E-state index in [0.717, 1.165) is 23.4 Å². The second-order valence-electron chi connectivity index (χ2n) is 2.50. The van der Waals surface area contributed by atoms with Crippen molar-refractivity contribution in [2.75, 3.05) is 5.88 Å². The minimum atomic E-state index is 0.583. The summed E-state index contributed by atoms with van der Waals surface area (Å²) in [4.78, 5) is 11.5. The van der Waals surface area contributed by atoms with Gasteiger partial charge in [0.1, 0.15) is 5.82 Å². The zero-order valence-corrected chi connectivity index (χ0v) is 7.17. The number of nitrogens with zero attached hydrogens (tertiary/aromatic N) is 2. The predicted molar refractivity (Wildman–Crippen MR) is 48.3 cm³/mol. The molecule has 4 heteroatoms. The molecule has 2 aromatic heterocycles. The molecular weight excluding hydrogens is 174 g/mol. The molecular formula is C8H8ClN3. The van der Waals surface area contributed by atoms with Crippen molar-refractivity contribution in [1.82, 2.24) is 15.0 Å². The van der Waals surface area contributed by atoms with Gasteiger partial charge in [-0.1, -0.05) is 0 Å². The van der Waals surface area contributed by atoms with Crippen LogP contribution in [0.15, 0.2) is 18.3 Å². The summed E-state index contributed by atoms with van der Waals surface area (Å²) in [6, 6.07) is 3.83. The van der Waals surface area contributed by atoms with Gasteiger partial charge in [0, 0.05) is 18.5 Å². The molecule has 2 rings (SSSR count). The fourth-order valence-electron chi connectivity index (χ4n) is 1.10. The maximum Gasteiger partial charge on any atom is 0.177 e. The molecule has 2 heterocycles. The van der Waals surface area contributed by atoms with Gasteiger partial charge in [0.15, 0.2) is 5.65 Å². The number of rotatable bonds is 2. The van der Waals surface area contributed by atoms with Crippen molar-refractivity contribution in [3.63, 3.8) is 0 Å². The molecule has 0 spiro atoms. The van der Waals surface area contributed by atoms with E-state index in [-0.39, 0.29) is 0 Å². The Morgan fingerprint density at radius 3 is 3.17 bits per heavy atom. The number of aromatic amines is 1. The third-order valence-electron chi connectivity index (χ3n) is 1.64. The zero-order chi connectivity index (χ0) is 8.39. The number of imidazole rings is 1. The monoisotopic (exact) mass is 181 g/mol. The fraction of sp³-hybridized carbons (Fsp3) is 0.250. The Morgan fingerprint density at radius 2 is 2.42 bits per heavy atom. The number of hydrogen-bond donors (Lipinski definition) is 1. The lowest BCUT2D eigenvalue weighted by Gasteiger charge is -1.85. The van der Waals surface area contributed by atoms with E-state index in [4.69, 9.17) is 11.6 Å². The van der Waals surface area contributed by atoms with Crippen LogP contribution in [0.25, 0.3) is 11.2 Å². The Kier molecular flexibility index (Phi) is 1.96. The van der Waals surface area contributed by atoms with Crippen LogP contribution in [-0.4, -0.2) is 20.8 Å². The molecule has 0 aliphatic rings. The summed E-state index contributed by atoms with van der Waals surface area (Å²) in [6.07, 6.45) is 2.49. The Labute approximate surface area is 74.8 Å². The number of aryl methyl sites for hydroxylation is 1. The highest BCUT2D eigenvalue weighted by atomic mass is 35.5. The Balaban J connectivity index is 2.47. The van der Waals surface area contributed by atoms with Gasteiger partial charge < -0.3 is 4.98 Å². The van der Waals surface area contributed by atoms with Gasteiger partial charge in [-0.25, -0.2) is 9.97 Å². The van der Waals surface area contributed by atoms with Gasteiger partial charge in [0.05, 0.1) is 5.52 Å². The van der Waals surface area contributed by atoms with Gasteiger partial charge in [-0.05, 0) is 12.1 Å². The molecule has 3 nitrogen and oxygen atoms in total. The predicted octanol–water partition coefficient (Wildman–Crippen LogP) is 1.74. The molecule has 0 bridgehead atoms. The van der Waals surface area contributed by atoms with Crippen LogP contribution in [0, 0.1) is 0 Å². The van der Waals surface area contributed by atoms with Gasteiger partial charge in [-0.2, -0.15) is 0 Å². The summed E-state index contributed by atoms with van der Waals surface area (Å²) < 4.78 is 0. The van der Waals surface area contributed by atoms with Crippen LogP contribution in [0.5, 0.6) is 0 Å². The molecule has 62 valence electrons. The first-order valence-corrected chi connectivity index (χ1v) is 4.29. The molecule has 0 saturated carbocycles. The normalized spacial score (nSPS) is 10.8. The van der Waals surface area contributed by atoms with Crippen LogP contribution >= 0.6 is 11.6 Å². The molecule has 2 aromatic rings. The van der Waals surface area contributed by atoms with Gasteiger partial charge in [0.25, 0.3) is 0 Å². The van der Waals surface area contributed by atoms with Gasteiger partial charge in [-0.3, -0.25) is 0 Å². The molecule has 0 saturated heterocycles. The third-order valence-corrected chi connectivity index (χ3v) is 1.83. The first-order valence-electron chi connectivity index (χ1n) is 3.76. The lowest BCUT2D eigenvalue weighted by Crippen LogP contribution is -1.87. The van der Waals surface area contributed by atoms with E-state index >= 15 is 0 Å². The first-order chi connectivity index (χ1) is 5.90. The number of pyridine rings is 1. The summed E-state index contributed by atoms with van der Waals surface area (Å²) in [5.74, 6) is 1.48. The minimum absolute atomic E-state index is 0.583. The summed E-state index contributed by atoms with van der Waals surface area (Å²) >= 11 is 5.58. The second kappa shape index (κ2) is 3.11. The molecule has 0 amide bonds. The van der Waals surface area contributed by atoms with Crippen LogP contribution in [-0.2, 0) is 6.42 Å². The summed E-state index contributed by atoms with van der Waals surface area (Å²) in [6.45, 7) is 0. The molecule has 1 N–H and O–H groups in total. The molecule has 0 fully saturated rings. The number of H-pyrrole nitrogens is 1. The number of halogens is 1. The molecule has 0 aliphatic carbocycles. The smallest absolute Gasteiger partial charge is 0.177 e. The van der Waals surface area contributed by atoms with Crippen molar-refractivity contribution >= 4 is 22.8 Å². The molecule has 0 unspecified atom stereocenters. The van der Waals surface area contributed by atoms with Crippen LogP contribution in [0.3, 0.4) is 0 Å². The largest absolute Gasteiger partial charge is 0.341 e. The quantitative estimate of drug-likeness (QED) is 0.718. The number of fused-ring (bicyclic) bond motifs is 1. The zero-order valence-electron chi connectivity index (χ0n) is 6.42. The van der Waals surface area contributed by atoms with E-state index in [2.05, 4.69) is 15.0 Å². The highest BCUT2D eigenvalue weighted by Gasteiger charge is 2.00. The summed E-state index contributed by atoms with van der Waals surface area (Å²) in [5, 5.41) is 0. The highest BCUT2D eigenvalue weighted by Crippen LogP contribution is 2.07. The number of aromatic nitrogens is 3. The molecule has 0 aliphatic heterocycles. The van der Waals surface area contributed by atoms with E-state index < -0.39 is 0 Å². The van der Waals surface area contributed by atoms with E-state index in [1.807, 2.05) is 12.1 Å². The molecule has 12 heavy (non-hydrogen) atoms. The van der Waals surface area contributed by atoms with Crippen LogP contribution in [0.4, 0.5) is 0 Å². The maximum absolute atomic E-state index is 5.58. The van der Waals surface area contributed by atoms with Gasteiger partial charge >= 0.3 is 0 Å². The second-order valence-corrected chi connectivity index (χ2v) is 2.88. The molecule has 0 aromatic carbocycles. The Morgan fingerprint density at radius 1 is 1.50 bits per heavy atom. The molecule has 0 radical (unpaired) electrons. The van der Waals surface area contributed by atoms with E-state index in [9.17, 15) is 0 Å². The average molecular weight is 182 g/mol. The van der Waals surface area contributed by atoms with Crippen molar-refractivity contribution in [2.24, 2.45) is 0 Å². The lowest BCUT2D eigenvalue weighted by molar-refractivity contribution is 1.00. The van der Waals surface area contributed by atoms with Crippen LogP contribution in [0.1, 0.15) is 5.82 Å². The number of nitrogens with one attached hydrogen (secondary N) is 1. The van der Waals surface area contributed by atoms with E-state index in [0.29, 0.717) is 5.88 Å². The van der Waals surface area contributed by atoms with Crippen LogP contribution in [0.2, 0.25) is 0 Å². The van der Waals surface area contributed by atoms with Gasteiger partial charge in [-0.15, -0.1) is 11.6 Å². The molecule has 0 atom stereocenters. The van der Waals surface area contributed by atoms with E-state index in [1.165, 1.54) is 0 Å². The highest BCUT2D eigenvalue weighted by molar-refractivity contribution is 6.17. The van der Waals surface area contributed by atoms with Crippen molar-refractivity contribution in [3.05, 3.63) is 24.2 Å². The van der Waals surface area contributed by atoms with Crippen molar-refractivity contribution < 1.29 is 0 Å². The Hall–Kier alpha value is -1.09. The van der Waals surface area contributed by atoms with E-state index in [1.54, 1.807) is 6.20 Å². The topological polar surface area (TPSA) is 41.6 Å². The summed E-state index contributed by atoms with van der Waals surface area (Å²) in [7, 11) is 0. The van der Waals surface area contributed by atoms with Crippen LogP contribution < -0.4 is 0 Å². The first kappa shape index (κ1) is 7.55. The summed E-state index contributed by atoms with van der Waals surface area (Å²) in [5.41, 5.74) is 1.73. The van der Waals surface area contributed by atoms with Crippen molar-refractivity contribution in [1.29, 1.82) is 0 Å². The van der Waals surface area contributed by atoms with Gasteiger partial charge in [0.2, 0.25) is 0 Å². The van der Waals surface area contributed by atoms with Crippen molar-refractivity contribution in [3.8, 4) is 0 Å². The third kappa shape index (κ3) is 1.28. The number of alkyl halides is 1. The Bertz CT molecular complexity index is 349. The lowest BCUT2D eigenvalue weighted by atomic mass is 10.4. The van der Waals surface area contributed by atoms with Crippen molar-refractivity contribution in [2.45, 2.75) is 6.42 Å². The average Bonchev–Trinajstić information content (AvgIpc) is 2.47.